The Labute approximate surface area is 111 Å². The van der Waals surface area contributed by atoms with Gasteiger partial charge in [-0.1, -0.05) is 24.3 Å². The molecule has 2 heteroatoms. The maximum atomic E-state index is 5.51. The van der Waals surface area contributed by atoms with Gasteiger partial charge >= 0.3 is 0 Å². The second-order valence-corrected chi connectivity index (χ2v) is 5.93. The van der Waals surface area contributed by atoms with E-state index in [0.29, 0.717) is 5.92 Å². The highest BCUT2D eigenvalue weighted by molar-refractivity contribution is 5.28. The molecule has 0 bridgehead atoms. The fourth-order valence-corrected chi connectivity index (χ4v) is 2.66. The van der Waals surface area contributed by atoms with Crippen LogP contribution in [0.25, 0.3) is 0 Å². The van der Waals surface area contributed by atoms with E-state index in [1.54, 1.807) is 7.11 Å². The quantitative estimate of drug-likeness (QED) is 0.882. The molecule has 0 amide bonds. The Morgan fingerprint density at radius 2 is 2.22 bits per heavy atom. The van der Waals surface area contributed by atoms with Crippen LogP contribution in [0.1, 0.15) is 43.7 Å². The standard InChI is InChI=1S/C16H25NO/c1-16(2,18-3)11-13-6-4-7-14(10-13)15-8-5-9-17-12-15/h4,6-7,10,15,17H,5,8-9,11-12H2,1-3H3. The molecule has 0 radical (unpaired) electrons. The molecule has 2 nitrogen and oxygen atoms in total. The van der Waals surface area contributed by atoms with Crippen LogP contribution in [0.3, 0.4) is 0 Å². The molecule has 0 aliphatic carbocycles. The minimum Gasteiger partial charge on any atom is -0.378 e. The number of hydrogen-bond donors (Lipinski definition) is 1. The molecular formula is C16H25NO. The third-order valence-corrected chi connectivity index (χ3v) is 3.90. The van der Waals surface area contributed by atoms with Crippen LogP contribution in [0.4, 0.5) is 0 Å². The zero-order valence-corrected chi connectivity index (χ0v) is 11.8. The third-order valence-electron chi connectivity index (χ3n) is 3.90. The summed E-state index contributed by atoms with van der Waals surface area (Å²) >= 11 is 0. The summed E-state index contributed by atoms with van der Waals surface area (Å²) in [6.45, 7) is 6.58. The topological polar surface area (TPSA) is 21.3 Å². The molecular weight excluding hydrogens is 222 g/mol. The van der Waals surface area contributed by atoms with Crippen molar-refractivity contribution in [2.24, 2.45) is 0 Å². The van der Waals surface area contributed by atoms with Gasteiger partial charge in [-0.2, -0.15) is 0 Å². The summed E-state index contributed by atoms with van der Waals surface area (Å²) < 4.78 is 5.51. The molecule has 0 aromatic heterocycles. The van der Waals surface area contributed by atoms with Crippen molar-refractivity contribution in [3.63, 3.8) is 0 Å². The molecule has 2 rings (SSSR count). The lowest BCUT2D eigenvalue weighted by Gasteiger charge is -2.25. The fraction of sp³-hybridized carbons (Fsp3) is 0.625. The highest BCUT2D eigenvalue weighted by Crippen LogP contribution is 2.25. The van der Waals surface area contributed by atoms with E-state index < -0.39 is 0 Å². The number of hydrogen-bond acceptors (Lipinski definition) is 2. The van der Waals surface area contributed by atoms with Gasteiger partial charge in [0.05, 0.1) is 5.60 Å². The second-order valence-electron chi connectivity index (χ2n) is 5.93. The van der Waals surface area contributed by atoms with E-state index in [9.17, 15) is 0 Å². The lowest BCUT2D eigenvalue weighted by Crippen LogP contribution is -2.28. The Bertz CT molecular complexity index is 380. The predicted octanol–water partition coefficient (Wildman–Crippen LogP) is 3.12. The van der Waals surface area contributed by atoms with Crippen LogP contribution in [0.2, 0.25) is 0 Å². The van der Waals surface area contributed by atoms with Crippen molar-refractivity contribution in [2.45, 2.75) is 44.6 Å². The van der Waals surface area contributed by atoms with Crippen molar-refractivity contribution in [3.8, 4) is 0 Å². The number of piperidine rings is 1. The zero-order chi connectivity index (χ0) is 13.0. The Hall–Kier alpha value is -0.860. The second kappa shape index (κ2) is 5.85. The van der Waals surface area contributed by atoms with Gasteiger partial charge in [0, 0.05) is 20.1 Å². The van der Waals surface area contributed by atoms with Crippen LogP contribution < -0.4 is 5.32 Å². The van der Waals surface area contributed by atoms with Crippen molar-refractivity contribution in [3.05, 3.63) is 35.4 Å². The number of nitrogens with one attached hydrogen (secondary N) is 1. The van der Waals surface area contributed by atoms with E-state index in [0.717, 1.165) is 13.0 Å². The van der Waals surface area contributed by atoms with Crippen LogP contribution in [-0.2, 0) is 11.2 Å². The summed E-state index contributed by atoms with van der Waals surface area (Å²) in [4.78, 5) is 0. The minimum absolute atomic E-state index is 0.0799. The molecule has 1 N–H and O–H groups in total. The first kappa shape index (κ1) is 13.6. The van der Waals surface area contributed by atoms with Crippen molar-refractivity contribution < 1.29 is 4.74 Å². The lowest BCUT2D eigenvalue weighted by atomic mass is 9.89. The summed E-state index contributed by atoms with van der Waals surface area (Å²) in [6.07, 6.45) is 3.57. The summed E-state index contributed by atoms with van der Waals surface area (Å²) in [5, 5.41) is 3.49. The molecule has 1 saturated heterocycles. The summed E-state index contributed by atoms with van der Waals surface area (Å²) in [7, 11) is 1.79. The smallest absolute Gasteiger partial charge is 0.0662 e. The van der Waals surface area contributed by atoms with Gasteiger partial charge < -0.3 is 10.1 Å². The highest BCUT2D eigenvalue weighted by Gasteiger charge is 2.19. The maximum absolute atomic E-state index is 5.51. The first-order valence-corrected chi connectivity index (χ1v) is 6.95. The number of ether oxygens (including phenoxy) is 1. The molecule has 1 unspecified atom stereocenters. The third kappa shape index (κ3) is 3.56. The largest absolute Gasteiger partial charge is 0.378 e. The van der Waals surface area contributed by atoms with E-state index in [1.807, 2.05) is 0 Å². The molecule has 0 spiro atoms. The Morgan fingerprint density at radius 3 is 2.89 bits per heavy atom. The van der Waals surface area contributed by atoms with Crippen molar-refractivity contribution in [2.75, 3.05) is 20.2 Å². The number of benzene rings is 1. The SMILES string of the molecule is COC(C)(C)Cc1cccc(C2CCCNC2)c1. The van der Waals surface area contributed by atoms with Gasteiger partial charge in [0.1, 0.15) is 0 Å². The predicted molar refractivity (Wildman–Crippen MR) is 76.1 cm³/mol. The van der Waals surface area contributed by atoms with E-state index in [1.165, 1.54) is 30.5 Å². The summed E-state index contributed by atoms with van der Waals surface area (Å²) in [6, 6.07) is 9.02. The number of rotatable bonds is 4. The van der Waals surface area contributed by atoms with Gasteiger partial charge in [-0.15, -0.1) is 0 Å². The summed E-state index contributed by atoms with van der Waals surface area (Å²) in [5.74, 6) is 0.685. The molecule has 1 fully saturated rings. The molecule has 100 valence electrons. The zero-order valence-electron chi connectivity index (χ0n) is 11.8. The van der Waals surface area contributed by atoms with Crippen molar-refractivity contribution in [1.82, 2.24) is 5.32 Å². The molecule has 1 aliphatic heterocycles. The molecule has 1 atom stereocenters. The van der Waals surface area contributed by atoms with Gasteiger partial charge in [0.25, 0.3) is 0 Å². The lowest BCUT2D eigenvalue weighted by molar-refractivity contribution is 0.0232. The Morgan fingerprint density at radius 1 is 1.39 bits per heavy atom. The molecule has 1 aliphatic rings. The van der Waals surface area contributed by atoms with Gasteiger partial charge in [-0.05, 0) is 50.3 Å². The first-order chi connectivity index (χ1) is 8.61. The normalized spacial score (nSPS) is 20.9. The first-order valence-electron chi connectivity index (χ1n) is 6.95. The fourth-order valence-electron chi connectivity index (χ4n) is 2.66. The average Bonchev–Trinajstić information content (AvgIpc) is 2.40. The number of methoxy groups -OCH3 is 1. The van der Waals surface area contributed by atoms with Gasteiger partial charge in [-0.3, -0.25) is 0 Å². The van der Waals surface area contributed by atoms with Crippen molar-refractivity contribution >= 4 is 0 Å². The highest BCUT2D eigenvalue weighted by atomic mass is 16.5. The average molecular weight is 247 g/mol. The molecule has 1 heterocycles. The van der Waals surface area contributed by atoms with Crippen LogP contribution in [0.15, 0.2) is 24.3 Å². The van der Waals surface area contributed by atoms with Gasteiger partial charge in [-0.25, -0.2) is 0 Å². The molecule has 18 heavy (non-hydrogen) atoms. The van der Waals surface area contributed by atoms with Crippen LogP contribution in [0.5, 0.6) is 0 Å². The van der Waals surface area contributed by atoms with Gasteiger partial charge in [0.2, 0.25) is 0 Å². The van der Waals surface area contributed by atoms with E-state index in [4.69, 9.17) is 4.74 Å². The van der Waals surface area contributed by atoms with Crippen molar-refractivity contribution in [1.29, 1.82) is 0 Å². The van der Waals surface area contributed by atoms with Gasteiger partial charge in [0.15, 0.2) is 0 Å². The Balaban J connectivity index is 2.09. The summed E-state index contributed by atoms with van der Waals surface area (Å²) in [5.41, 5.74) is 2.78. The van der Waals surface area contributed by atoms with Crippen LogP contribution >= 0.6 is 0 Å². The monoisotopic (exact) mass is 247 g/mol. The molecule has 1 aromatic carbocycles. The maximum Gasteiger partial charge on any atom is 0.0662 e. The minimum atomic E-state index is -0.0799. The van der Waals surface area contributed by atoms with E-state index in [-0.39, 0.29) is 5.60 Å². The van der Waals surface area contributed by atoms with Crippen LogP contribution in [-0.4, -0.2) is 25.8 Å². The molecule has 0 saturated carbocycles. The van der Waals surface area contributed by atoms with Crippen LogP contribution in [0, 0.1) is 0 Å². The van der Waals surface area contributed by atoms with E-state index >= 15 is 0 Å². The Kier molecular flexibility index (Phi) is 4.41. The van der Waals surface area contributed by atoms with E-state index in [2.05, 4.69) is 43.4 Å². The molecule has 1 aromatic rings.